The molecule has 0 bridgehead atoms. The second-order valence-corrected chi connectivity index (χ2v) is 5.48. The standard InChI is InChI=1S/C13H23NO3S/c1-11(15)4-2-6-14-8-12(16)9-17-10-13-5-3-7-18-13/h3,5,7,11-12,14-16H,2,4,6,8-10H2,1H3. The van der Waals surface area contributed by atoms with Crippen molar-refractivity contribution in [1.82, 2.24) is 5.32 Å². The van der Waals surface area contributed by atoms with Gasteiger partial charge in [0.2, 0.25) is 0 Å². The summed E-state index contributed by atoms with van der Waals surface area (Å²) in [7, 11) is 0. The van der Waals surface area contributed by atoms with E-state index in [2.05, 4.69) is 5.32 Å². The summed E-state index contributed by atoms with van der Waals surface area (Å²) in [5, 5.41) is 23.9. The lowest BCUT2D eigenvalue weighted by Gasteiger charge is -2.12. The van der Waals surface area contributed by atoms with Crippen LogP contribution in [0.5, 0.6) is 0 Å². The van der Waals surface area contributed by atoms with Crippen LogP contribution in [0.2, 0.25) is 0 Å². The lowest BCUT2D eigenvalue weighted by Crippen LogP contribution is -2.31. The zero-order valence-corrected chi connectivity index (χ0v) is 11.7. The van der Waals surface area contributed by atoms with Crippen LogP contribution in [0.1, 0.15) is 24.6 Å². The van der Waals surface area contributed by atoms with Gasteiger partial charge >= 0.3 is 0 Å². The third kappa shape index (κ3) is 7.79. The number of thiophene rings is 1. The zero-order chi connectivity index (χ0) is 13.2. The van der Waals surface area contributed by atoms with E-state index in [-0.39, 0.29) is 6.10 Å². The van der Waals surface area contributed by atoms with Crippen molar-refractivity contribution in [3.05, 3.63) is 22.4 Å². The Bertz CT molecular complexity index is 290. The maximum absolute atomic E-state index is 9.65. The molecule has 2 atom stereocenters. The van der Waals surface area contributed by atoms with Gasteiger partial charge in [0.15, 0.2) is 0 Å². The Morgan fingerprint density at radius 1 is 1.44 bits per heavy atom. The number of hydrogen-bond donors (Lipinski definition) is 3. The molecule has 0 aliphatic carbocycles. The molecule has 1 rings (SSSR count). The van der Waals surface area contributed by atoms with Gasteiger partial charge in [0, 0.05) is 11.4 Å². The van der Waals surface area contributed by atoms with Crippen LogP contribution in [0.4, 0.5) is 0 Å². The van der Waals surface area contributed by atoms with Crippen molar-refractivity contribution in [3.8, 4) is 0 Å². The second-order valence-electron chi connectivity index (χ2n) is 4.44. The van der Waals surface area contributed by atoms with Crippen LogP contribution < -0.4 is 5.32 Å². The molecular formula is C13H23NO3S. The minimum Gasteiger partial charge on any atom is -0.393 e. The van der Waals surface area contributed by atoms with Gasteiger partial charge < -0.3 is 20.3 Å². The number of hydrogen-bond acceptors (Lipinski definition) is 5. The first-order chi connectivity index (χ1) is 8.68. The van der Waals surface area contributed by atoms with Crippen molar-refractivity contribution in [2.24, 2.45) is 0 Å². The van der Waals surface area contributed by atoms with E-state index in [0.717, 1.165) is 19.4 Å². The van der Waals surface area contributed by atoms with Crippen molar-refractivity contribution >= 4 is 11.3 Å². The summed E-state index contributed by atoms with van der Waals surface area (Å²) in [6.07, 6.45) is 0.987. The molecule has 0 aliphatic heterocycles. The molecular weight excluding hydrogens is 250 g/mol. The molecule has 0 amide bonds. The SMILES string of the molecule is CC(O)CCCNCC(O)COCc1cccs1. The molecule has 4 nitrogen and oxygen atoms in total. The summed E-state index contributed by atoms with van der Waals surface area (Å²) in [6.45, 7) is 4.04. The van der Waals surface area contributed by atoms with E-state index in [0.29, 0.717) is 19.8 Å². The van der Waals surface area contributed by atoms with Crippen molar-refractivity contribution in [2.45, 2.75) is 38.6 Å². The molecule has 1 aromatic heterocycles. The summed E-state index contributed by atoms with van der Waals surface area (Å²) in [6, 6.07) is 4.01. The number of ether oxygens (including phenoxy) is 1. The zero-order valence-electron chi connectivity index (χ0n) is 10.8. The van der Waals surface area contributed by atoms with Gasteiger partial charge in [-0.1, -0.05) is 6.07 Å². The first kappa shape index (κ1) is 15.6. The molecule has 104 valence electrons. The van der Waals surface area contributed by atoms with E-state index in [4.69, 9.17) is 9.84 Å². The Morgan fingerprint density at radius 2 is 2.28 bits per heavy atom. The topological polar surface area (TPSA) is 61.7 Å². The highest BCUT2D eigenvalue weighted by Crippen LogP contribution is 2.09. The molecule has 0 aliphatic rings. The van der Waals surface area contributed by atoms with Gasteiger partial charge in [-0.3, -0.25) is 0 Å². The highest BCUT2D eigenvalue weighted by Gasteiger charge is 2.04. The average molecular weight is 273 g/mol. The van der Waals surface area contributed by atoms with Crippen LogP contribution in [-0.2, 0) is 11.3 Å². The molecule has 0 saturated heterocycles. The fraction of sp³-hybridized carbons (Fsp3) is 0.692. The van der Waals surface area contributed by atoms with Crippen LogP contribution in [0.15, 0.2) is 17.5 Å². The molecule has 18 heavy (non-hydrogen) atoms. The molecule has 1 aromatic rings. The van der Waals surface area contributed by atoms with E-state index in [1.807, 2.05) is 17.5 Å². The van der Waals surface area contributed by atoms with Crippen LogP contribution in [-0.4, -0.2) is 42.1 Å². The van der Waals surface area contributed by atoms with E-state index in [1.165, 1.54) is 4.88 Å². The first-order valence-electron chi connectivity index (χ1n) is 6.35. The summed E-state index contributed by atoms with van der Waals surface area (Å²) in [4.78, 5) is 1.17. The first-order valence-corrected chi connectivity index (χ1v) is 7.23. The fourth-order valence-corrected chi connectivity index (χ4v) is 2.18. The van der Waals surface area contributed by atoms with Gasteiger partial charge in [0.25, 0.3) is 0 Å². The van der Waals surface area contributed by atoms with E-state index < -0.39 is 6.10 Å². The Hall–Kier alpha value is -0.460. The quantitative estimate of drug-likeness (QED) is 0.564. The monoisotopic (exact) mass is 273 g/mol. The minimum atomic E-state index is -0.475. The smallest absolute Gasteiger partial charge is 0.0897 e. The van der Waals surface area contributed by atoms with Crippen molar-refractivity contribution < 1.29 is 14.9 Å². The third-order valence-corrected chi connectivity index (χ3v) is 3.34. The maximum Gasteiger partial charge on any atom is 0.0897 e. The lowest BCUT2D eigenvalue weighted by molar-refractivity contribution is 0.0298. The molecule has 0 fully saturated rings. The molecule has 2 unspecified atom stereocenters. The average Bonchev–Trinajstić information content (AvgIpc) is 2.81. The molecule has 5 heteroatoms. The van der Waals surface area contributed by atoms with E-state index in [9.17, 15) is 5.11 Å². The van der Waals surface area contributed by atoms with Crippen LogP contribution in [0, 0.1) is 0 Å². The summed E-state index contributed by atoms with van der Waals surface area (Å²) in [5.41, 5.74) is 0. The number of nitrogens with one attached hydrogen (secondary N) is 1. The van der Waals surface area contributed by atoms with Crippen molar-refractivity contribution in [3.63, 3.8) is 0 Å². The Balaban J connectivity index is 1.92. The molecule has 0 aromatic carbocycles. The highest BCUT2D eigenvalue weighted by molar-refractivity contribution is 7.09. The Labute approximate surface area is 113 Å². The molecule has 1 heterocycles. The third-order valence-electron chi connectivity index (χ3n) is 2.49. The van der Waals surface area contributed by atoms with Gasteiger partial charge in [0.05, 0.1) is 25.4 Å². The Kier molecular flexibility index (Phi) is 8.20. The fourth-order valence-electron chi connectivity index (χ4n) is 1.54. The highest BCUT2D eigenvalue weighted by atomic mass is 32.1. The maximum atomic E-state index is 9.65. The molecule has 0 radical (unpaired) electrons. The second kappa shape index (κ2) is 9.47. The largest absolute Gasteiger partial charge is 0.393 e. The summed E-state index contributed by atoms with van der Waals surface area (Å²) >= 11 is 1.66. The molecule has 0 saturated carbocycles. The summed E-state index contributed by atoms with van der Waals surface area (Å²) < 4.78 is 5.42. The van der Waals surface area contributed by atoms with Gasteiger partial charge in [-0.15, -0.1) is 11.3 Å². The van der Waals surface area contributed by atoms with Crippen LogP contribution >= 0.6 is 11.3 Å². The van der Waals surface area contributed by atoms with Gasteiger partial charge in [-0.25, -0.2) is 0 Å². The van der Waals surface area contributed by atoms with E-state index >= 15 is 0 Å². The number of rotatable bonds is 10. The summed E-state index contributed by atoms with van der Waals surface area (Å²) in [5.74, 6) is 0. The van der Waals surface area contributed by atoms with Crippen molar-refractivity contribution in [2.75, 3.05) is 19.7 Å². The van der Waals surface area contributed by atoms with Crippen LogP contribution in [0.3, 0.4) is 0 Å². The molecule has 0 spiro atoms. The Morgan fingerprint density at radius 3 is 2.94 bits per heavy atom. The lowest BCUT2D eigenvalue weighted by atomic mass is 10.2. The normalized spacial score (nSPS) is 14.6. The predicted octanol–water partition coefficient (Wildman–Crippen LogP) is 1.38. The minimum absolute atomic E-state index is 0.245. The van der Waals surface area contributed by atoms with Crippen molar-refractivity contribution in [1.29, 1.82) is 0 Å². The predicted molar refractivity (Wildman–Crippen MR) is 73.8 cm³/mol. The van der Waals surface area contributed by atoms with Gasteiger partial charge in [-0.05, 0) is 37.8 Å². The van der Waals surface area contributed by atoms with Crippen LogP contribution in [0.25, 0.3) is 0 Å². The molecule has 3 N–H and O–H groups in total. The van der Waals surface area contributed by atoms with Gasteiger partial charge in [0.1, 0.15) is 0 Å². The van der Waals surface area contributed by atoms with Gasteiger partial charge in [-0.2, -0.15) is 0 Å². The van der Waals surface area contributed by atoms with E-state index in [1.54, 1.807) is 18.3 Å². The number of aliphatic hydroxyl groups is 2. The number of aliphatic hydroxyl groups excluding tert-OH is 2.